The molecule has 1 fully saturated rings. The molecule has 0 atom stereocenters. The van der Waals surface area contributed by atoms with Crippen LogP contribution in [0, 0.1) is 0 Å². The lowest BCUT2D eigenvalue weighted by atomic mass is 10.2. The minimum atomic E-state index is 0.00661. The van der Waals surface area contributed by atoms with Gasteiger partial charge in [-0.2, -0.15) is 0 Å². The van der Waals surface area contributed by atoms with Gasteiger partial charge in [-0.3, -0.25) is 4.79 Å². The van der Waals surface area contributed by atoms with E-state index in [1.54, 1.807) is 6.07 Å². The number of carbonyl (C=O) groups excluding carboxylic acids is 1. The number of rotatable bonds is 6. The third-order valence-electron chi connectivity index (χ3n) is 4.74. The fourth-order valence-electron chi connectivity index (χ4n) is 3.21. The van der Waals surface area contributed by atoms with Crippen LogP contribution in [-0.4, -0.2) is 65.9 Å². The molecule has 0 aliphatic carbocycles. The summed E-state index contributed by atoms with van der Waals surface area (Å²) in [4.78, 5) is 26.3. The number of anilines is 1. The fourth-order valence-corrected chi connectivity index (χ4v) is 3.21. The van der Waals surface area contributed by atoms with E-state index in [-0.39, 0.29) is 5.91 Å². The summed E-state index contributed by atoms with van der Waals surface area (Å²) in [5.41, 5.74) is 1.39. The van der Waals surface area contributed by atoms with Crippen LogP contribution in [0.4, 0.5) is 5.82 Å². The van der Waals surface area contributed by atoms with Gasteiger partial charge in [-0.05, 0) is 26.9 Å². The smallest absolute Gasteiger partial charge is 0.272 e. The molecule has 0 bridgehead atoms. The maximum atomic E-state index is 13.1. The van der Waals surface area contributed by atoms with Gasteiger partial charge in [0.2, 0.25) is 0 Å². The number of hydrogen-bond donors (Lipinski definition) is 1. The first kappa shape index (κ1) is 19.3. The van der Waals surface area contributed by atoms with Crippen LogP contribution in [0.25, 0.3) is 11.4 Å². The summed E-state index contributed by atoms with van der Waals surface area (Å²) in [7, 11) is 4.07. The van der Waals surface area contributed by atoms with Crippen molar-refractivity contribution >= 4 is 11.7 Å². The highest BCUT2D eigenvalue weighted by Crippen LogP contribution is 2.20. The Labute approximate surface area is 161 Å². The van der Waals surface area contributed by atoms with Crippen LogP contribution in [0.5, 0.6) is 0 Å². The summed E-state index contributed by atoms with van der Waals surface area (Å²) in [5.74, 6) is 1.29. The molecule has 1 N–H and O–H groups in total. The van der Waals surface area contributed by atoms with Gasteiger partial charge in [0, 0.05) is 37.8 Å². The van der Waals surface area contributed by atoms with Crippen molar-refractivity contribution in [2.24, 2.45) is 0 Å². The third-order valence-corrected chi connectivity index (χ3v) is 4.74. The average Bonchev–Trinajstić information content (AvgIpc) is 2.97. The summed E-state index contributed by atoms with van der Waals surface area (Å²) in [6, 6.07) is 11.6. The van der Waals surface area contributed by atoms with Crippen molar-refractivity contribution in [1.29, 1.82) is 0 Å². The molecule has 144 valence electrons. The molecule has 0 unspecified atom stereocenters. The number of hydrogen-bond acceptors (Lipinski definition) is 5. The van der Waals surface area contributed by atoms with E-state index in [0.29, 0.717) is 17.3 Å². The molecule has 1 aromatic carbocycles. The lowest BCUT2D eigenvalue weighted by Crippen LogP contribution is -2.32. The predicted octanol–water partition coefficient (Wildman–Crippen LogP) is 3.13. The van der Waals surface area contributed by atoms with E-state index < -0.39 is 0 Å². The van der Waals surface area contributed by atoms with Crippen LogP contribution in [0.15, 0.2) is 36.4 Å². The summed E-state index contributed by atoms with van der Waals surface area (Å²) in [5, 5.41) is 3.33. The molecule has 0 spiro atoms. The Morgan fingerprint density at radius 3 is 2.44 bits per heavy atom. The fraction of sp³-hybridized carbons (Fsp3) is 0.476. The predicted molar refractivity (Wildman–Crippen MR) is 109 cm³/mol. The van der Waals surface area contributed by atoms with E-state index >= 15 is 0 Å². The lowest BCUT2D eigenvalue weighted by molar-refractivity contribution is 0.0755. The van der Waals surface area contributed by atoms with E-state index in [2.05, 4.69) is 20.2 Å². The van der Waals surface area contributed by atoms with Crippen LogP contribution in [-0.2, 0) is 0 Å². The van der Waals surface area contributed by atoms with Crippen molar-refractivity contribution < 1.29 is 4.79 Å². The first-order valence-electron chi connectivity index (χ1n) is 9.76. The first-order valence-corrected chi connectivity index (χ1v) is 9.76. The van der Waals surface area contributed by atoms with E-state index in [4.69, 9.17) is 0 Å². The van der Waals surface area contributed by atoms with Gasteiger partial charge in [-0.1, -0.05) is 43.2 Å². The lowest BCUT2D eigenvalue weighted by Gasteiger charge is -2.20. The van der Waals surface area contributed by atoms with Crippen LogP contribution in [0.3, 0.4) is 0 Å². The molecule has 2 heterocycles. The zero-order valence-corrected chi connectivity index (χ0v) is 16.3. The minimum Gasteiger partial charge on any atom is -0.369 e. The number of likely N-dealkylation sites (N-methyl/N-ethyl adjacent to an activating group) is 1. The molecule has 6 nitrogen and oxygen atoms in total. The average molecular weight is 367 g/mol. The van der Waals surface area contributed by atoms with Gasteiger partial charge in [-0.25, -0.2) is 9.97 Å². The molecule has 1 aliphatic rings. The van der Waals surface area contributed by atoms with Crippen molar-refractivity contribution in [2.75, 3.05) is 45.6 Å². The summed E-state index contributed by atoms with van der Waals surface area (Å²) in [6.45, 7) is 3.27. The van der Waals surface area contributed by atoms with Gasteiger partial charge >= 0.3 is 0 Å². The summed E-state index contributed by atoms with van der Waals surface area (Å²) >= 11 is 0. The second-order valence-corrected chi connectivity index (χ2v) is 7.26. The molecule has 0 saturated carbocycles. The number of nitrogens with one attached hydrogen (secondary N) is 1. The molecule has 1 aromatic heterocycles. The van der Waals surface area contributed by atoms with Gasteiger partial charge in [0.1, 0.15) is 11.5 Å². The van der Waals surface area contributed by atoms with Crippen LogP contribution in [0.2, 0.25) is 0 Å². The summed E-state index contributed by atoms with van der Waals surface area (Å²) < 4.78 is 0. The Kier molecular flexibility index (Phi) is 6.76. The topological polar surface area (TPSA) is 61.4 Å². The van der Waals surface area contributed by atoms with E-state index in [0.717, 1.165) is 44.6 Å². The Balaban J connectivity index is 1.87. The molecule has 27 heavy (non-hydrogen) atoms. The first-order chi connectivity index (χ1) is 13.1. The maximum absolute atomic E-state index is 13.1. The van der Waals surface area contributed by atoms with Crippen molar-refractivity contribution in [3.63, 3.8) is 0 Å². The Bertz CT molecular complexity index is 739. The molecule has 1 aliphatic heterocycles. The van der Waals surface area contributed by atoms with E-state index in [1.807, 2.05) is 49.3 Å². The molecular weight excluding hydrogens is 338 g/mol. The number of amides is 1. The van der Waals surface area contributed by atoms with Crippen LogP contribution >= 0.6 is 0 Å². The van der Waals surface area contributed by atoms with E-state index in [1.165, 1.54) is 12.8 Å². The zero-order chi connectivity index (χ0) is 19.1. The Morgan fingerprint density at radius 1 is 1.07 bits per heavy atom. The second-order valence-electron chi connectivity index (χ2n) is 7.26. The minimum absolute atomic E-state index is 0.00661. The normalized spacial score (nSPS) is 14.9. The monoisotopic (exact) mass is 367 g/mol. The van der Waals surface area contributed by atoms with Crippen LogP contribution in [0.1, 0.15) is 36.2 Å². The number of aromatic nitrogens is 2. The largest absolute Gasteiger partial charge is 0.369 e. The highest BCUT2D eigenvalue weighted by Gasteiger charge is 2.20. The second kappa shape index (κ2) is 9.46. The molecule has 3 rings (SSSR count). The van der Waals surface area contributed by atoms with Gasteiger partial charge < -0.3 is 15.1 Å². The number of likely N-dealkylation sites (tertiary alicyclic amines) is 1. The SMILES string of the molecule is CN(C)CCNc1cc(C(=O)N2CCCCCC2)nc(-c2ccccc2)n1. The van der Waals surface area contributed by atoms with Crippen molar-refractivity contribution in [1.82, 2.24) is 19.8 Å². The zero-order valence-electron chi connectivity index (χ0n) is 16.3. The molecule has 2 aromatic rings. The van der Waals surface area contributed by atoms with Gasteiger partial charge in [-0.15, -0.1) is 0 Å². The van der Waals surface area contributed by atoms with Gasteiger partial charge in [0.05, 0.1) is 0 Å². The number of nitrogens with zero attached hydrogens (tertiary/aromatic N) is 4. The van der Waals surface area contributed by atoms with E-state index in [9.17, 15) is 4.79 Å². The summed E-state index contributed by atoms with van der Waals surface area (Å²) in [6.07, 6.45) is 4.52. The molecule has 1 saturated heterocycles. The number of carbonyl (C=O) groups is 1. The Morgan fingerprint density at radius 2 is 1.78 bits per heavy atom. The van der Waals surface area contributed by atoms with Crippen molar-refractivity contribution in [2.45, 2.75) is 25.7 Å². The highest BCUT2D eigenvalue weighted by molar-refractivity contribution is 5.93. The molecule has 0 radical (unpaired) electrons. The third kappa shape index (κ3) is 5.50. The van der Waals surface area contributed by atoms with Gasteiger partial charge in [0.15, 0.2) is 5.82 Å². The van der Waals surface area contributed by atoms with Crippen LogP contribution < -0.4 is 5.32 Å². The maximum Gasteiger partial charge on any atom is 0.272 e. The highest BCUT2D eigenvalue weighted by atomic mass is 16.2. The standard InChI is InChI=1S/C21H29N5O/c1-25(2)15-12-22-19-16-18(21(27)26-13-8-3-4-9-14-26)23-20(24-19)17-10-6-5-7-11-17/h5-7,10-11,16H,3-4,8-9,12-15H2,1-2H3,(H,22,23,24). The quantitative estimate of drug-likeness (QED) is 0.850. The number of benzene rings is 1. The Hall–Kier alpha value is -2.47. The van der Waals surface area contributed by atoms with Crippen molar-refractivity contribution in [3.8, 4) is 11.4 Å². The van der Waals surface area contributed by atoms with Gasteiger partial charge in [0.25, 0.3) is 5.91 Å². The molecular formula is C21H29N5O. The molecule has 6 heteroatoms. The molecule has 1 amide bonds. The van der Waals surface area contributed by atoms with Crippen molar-refractivity contribution in [3.05, 3.63) is 42.1 Å².